The molecule has 100 valence electrons. The van der Waals surface area contributed by atoms with Gasteiger partial charge in [0.15, 0.2) is 0 Å². The van der Waals surface area contributed by atoms with Crippen molar-refractivity contribution in [3.8, 4) is 22.5 Å². The van der Waals surface area contributed by atoms with Crippen LogP contribution in [0.5, 0.6) is 0 Å². The number of aromatic nitrogens is 2. The number of benzene rings is 2. The third kappa shape index (κ3) is 2.32. The molecule has 0 unspecified atom stereocenters. The lowest BCUT2D eigenvalue weighted by atomic mass is 10.1. The molecule has 0 radical (unpaired) electrons. The van der Waals surface area contributed by atoms with E-state index in [4.69, 9.17) is 0 Å². The monoisotopic (exact) mass is 270 g/mol. The second-order valence-corrected chi connectivity index (χ2v) is 4.56. The Balaban J connectivity index is 2.12. The molecule has 0 aliphatic rings. The van der Waals surface area contributed by atoms with Crippen LogP contribution < -0.4 is 0 Å². The molecule has 0 bridgehead atoms. The normalized spacial score (nSPS) is 10.8. The summed E-state index contributed by atoms with van der Waals surface area (Å²) in [6, 6.07) is 12.3. The van der Waals surface area contributed by atoms with E-state index in [0.717, 1.165) is 28.3 Å². The third-order valence-corrected chi connectivity index (χ3v) is 3.07. The Morgan fingerprint density at radius 2 is 1.30 bits per heavy atom. The number of imidazole rings is 1. The van der Waals surface area contributed by atoms with Crippen molar-refractivity contribution in [2.24, 2.45) is 0 Å². The van der Waals surface area contributed by atoms with E-state index in [1.165, 1.54) is 24.3 Å². The van der Waals surface area contributed by atoms with Crippen LogP contribution in [0.25, 0.3) is 22.5 Å². The summed E-state index contributed by atoms with van der Waals surface area (Å²) in [5, 5.41) is 0. The average Bonchev–Trinajstić information content (AvgIpc) is 2.82. The van der Waals surface area contributed by atoms with Gasteiger partial charge in [-0.25, -0.2) is 13.8 Å². The number of nitrogens with zero attached hydrogens (tertiary/aromatic N) is 1. The minimum Gasteiger partial charge on any atom is -0.342 e. The highest BCUT2D eigenvalue weighted by Crippen LogP contribution is 2.30. The standard InChI is InChI=1S/C16H12F2N2/c1-10-19-15(11-2-6-13(17)7-3-11)16(20-10)12-4-8-14(18)9-5-12/h2-9H,1H3,(H,19,20). The fourth-order valence-corrected chi connectivity index (χ4v) is 2.13. The van der Waals surface area contributed by atoms with E-state index in [9.17, 15) is 8.78 Å². The van der Waals surface area contributed by atoms with Crippen molar-refractivity contribution in [3.05, 3.63) is 66.0 Å². The molecule has 2 nitrogen and oxygen atoms in total. The van der Waals surface area contributed by atoms with Crippen LogP contribution in [0, 0.1) is 18.6 Å². The van der Waals surface area contributed by atoms with Crippen molar-refractivity contribution in [1.82, 2.24) is 9.97 Å². The molecule has 1 aromatic heterocycles. The summed E-state index contributed by atoms with van der Waals surface area (Å²) in [6.07, 6.45) is 0. The maximum Gasteiger partial charge on any atom is 0.123 e. The lowest BCUT2D eigenvalue weighted by Gasteiger charge is -2.03. The highest BCUT2D eigenvalue weighted by molar-refractivity contribution is 5.78. The summed E-state index contributed by atoms with van der Waals surface area (Å²) in [6.45, 7) is 1.85. The zero-order valence-corrected chi connectivity index (χ0v) is 10.8. The third-order valence-electron chi connectivity index (χ3n) is 3.07. The zero-order valence-electron chi connectivity index (χ0n) is 10.8. The lowest BCUT2D eigenvalue weighted by Crippen LogP contribution is -1.85. The van der Waals surface area contributed by atoms with Crippen LogP contribution in [-0.4, -0.2) is 9.97 Å². The quantitative estimate of drug-likeness (QED) is 0.737. The van der Waals surface area contributed by atoms with E-state index < -0.39 is 0 Å². The summed E-state index contributed by atoms with van der Waals surface area (Å²) in [5.74, 6) is 0.182. The highest BCUT2D eigenvalue weighted by atomic mass is 19.1. The van der Waals surface area contributed by atoms with Crippen molar-refractivity contribution in [2.75, 3.05) is 0 Å². The second-order valence-electron chi connectivity index (χ2n) is 4.56. The van der Waals surface area contributed by atoms with Gasteiger partial charge < -0.3 is 4.98 Å². The fraction of sp³-hybridized carbons (Fsp3) is 0.0625. The Morgan fingerprint density at radius 1 is 0.800 bits per heavy atom. The molecule has 20 heavy (non-hydrogen) atoms. The van der Waals surface area contributed by atoms with Gasteiger partial charge in [0.05, 0.1) is 11.4 Å². The number of H-pyrrole nitrogens is 1. The van der Waals surface area contributed by atoms with Gasteiger partial charge >= 0.3 is 0 Å². The maximum absolute atomic E-state index is 13.0. The first-order valence-electron chi connectivity index (χ1n) is 6.22. The molecule has 0 amide bonds. The number of nitrogens with one attached hydrogen (secondary N) is 1. The van der Waals surface area contributed by atoms with Crippen molar-refractivity contribution in [3.63, 3.8) is 0 Å². The number of hydrogen-bond donors (Lipinski definition) is 1. The number of halogens is 2. The first-order chi connectivity index (χ1) is 9.63. The van der Waals surface area contributed by atoms with Gasteiger partial charge in [-0.3, -0.25) is 0 Å². The largest absolute Gasteiger partial charge is 0.342 e. The van der Waals surface area contributed by atoms with E-state index >= 15 is 0 Å². The molecule has 0 atom stereocenters. The molecule has 1 N–H and O–H groups in total. The lowest BCUT2D eigenvalue weighted by molar-refractivity contribution is 0.627. The van der Waals surface area contributed by atoms with Crippen LogP contribution >= 0.6 is 0 Å². The minimum atomic E-state index is -0.288. The van der Waals surface area contributed by atoms with Gasteiger partial charge in [0.25, 0.3) is 0 Å². The van der Waals surface area contributed by atoms with Crippen LogP contribution in [0.3, 0.4) is 0 Å². The Labute approximate surface area is 115 Å². The second kappa shape index (κ2) is 4.89. The van der Waals surface area contributed by atoms with Gasteiger partial charge in [0.2, 0.25) is 0 Å². The maximum atomic E-state index is 13.0. The molecule has 4 heteroatoms. The van der Waals surface area contributed by atoms with Crippen molar-refractivity contribution in [1.29, 1.82) is 0 Å². The van der Waals surface area contributed by atoms with E-state index in [1.807, 2.05) is 6.92 Å². The molecule has 3 aromatic rings. The van der Waals surface area contributed by atoms with Gasteiger partial charge in [0, 0.05) is 11.1 Å². The molecule has 0 saturated heterocycles. The Bertz CT molecular complexity index is 665. The van der Waals surface area contributed by atoms with Crippen LogP contribution in [0.4, 0.5) is 8.78 Å². The molecule has 2 aromatic carbocycles. The van der Waals surface area contributed by atoms with Gasteiger partial charge in [-0.2, -0.15) is 0 Å². The SMILES string of the molecule is Cc1nc(-c2ccc(F)cc2)c(-c2ccc(F)cc2)[nH]1. The molecule has 0 saturated carbocycles. The predicted molar refractivity (Wildman–Crippen MR) is 74.1 cm³/mol. The van der Waals surface area contributed by atoms with Crippen LogP contribution in [0.1, 0.15) is 5.82 Å². The van der Waals surface area contributed by atoms with Crippen molar-refractivity contribution >= 4 is 0 Å². The van der Waals surface area contributed by atoms with Crippen molar-refractivity contribution < 1.29 is 8.78 Å². The number of aryl methyl sites for hydroxylation is 1. The molecule has 1 heterocycles. The van der Waals surface area contributed by atoms with Gasteiger partial charge in [-0.1, -0.05) is 0 Å². The average molecular weight is 270 g/mol. The molecule has 3 rings (SSSR count). The van der Waals surface area contributed by atoms with Crippen molar-refractivity contribution in [2.45, 2.75) is 6.92 Å². The fourth-order valence-electron chi connectivity index (χ4n) is 2.13. The van der Waals surface area contributed by atoms with Crippen LogP contribution in [-0.2, 0) is 0 Å². The minimum absolute atomic E-state index is 0.284. The molecule has 0 spiro atoms. The first-order valence-corrected chi connectivity index (χ1v) is 6.22. The molecular weight excluding hydrogens is 258 g/mol. The Morgan fingerprint density at radius 3 is 1.85 bits per heavy atom. The predicted octanol–water partition coefficient (Wildman–Crippen LogP) is 4.33. The van der Waals surface area contributed by atoms with E-state index in [0.29, 0.717) is 0 Å². The van der Waals surface area contributed by atoms with Gasteiger partial charge in [-0.15, -0.1) is 0 Å². The Hall–Kier alpha value is -2.49. The van der Waals surface area contributed by atoms with E-state index in [-0.39, 0.29) is 11.6 Å². The number of rotatable bonds is 2. The first kappa shape index (κ1) is 12.5. The topological polar surface area (TPSA) is 28.7 Å². The number of aromatic amines is 1. The molecule has 0 aliphatic heterocycles. The summed E-state index contributed by atoms with van der Waals surface area (Å²) < 4.78 is 26.0. The summed E-state index contributed by atoms with van der Waals surface area (Å²) in [7, 11) is 0. The zero-order chi connectivity index (χ0) is 14.1. The molecule has 0 aliphatic carbocycles. The summed E-state index contributed by atoms with van der Waals surface area (Å²) in [5.41, 5.74) is 3.18. The summed E-state index contributed by atoms with van der Waals surface area (Å²) in [4.78, 5) is 7.60. The van der Waals surface area contributed by atoms with Crippen LogP contribution in [0.15, 0.2) is 48.5 Å². The van der Waals surface area contributed by atoms with Gasteiger partial charge in [0.1, 0.15) is 17.5 Å². The summed E-state index contributed by atoms with van der Waals surface area (Å²) >= 11 is 0. The molecular formula is C16H12F2N2. The van der Waals surface area contributed by atoms with E-state index in [2.05, 4.69) is 9.97 Å². The number of hydrogen-bond acceptors (Lipinski definition) is 1. The smallest absolute Gasteiger partial charge is 0.123 e. The van der Waals surface area contributed by atoms with Crippen LogP contribution in [0.2, 0.25) is 0 Å². The van der Waals surface area contributed by atoms with E-state index in [1.54, 1.807) is 24.3 Å². The molecule has 0 fully saturated rings. The highest BCUT2D eigenvalue weighted by Gasteiger charge is 2.12. The Kier molecular flexibility index (Phi) is 3.06. The van der Waals surface area contributed by atoms with Gasteiger partial charge in [-0.05, 0) is 55.5 Å².